The highest BCUT2D eigenvalue weighted by Gasteiger charge is 2.16. The first-order chi connectivity index (χ1) is 6.90. The molecular formula is C9H16N4O. The minimum absolute atomic E-state index is 0.118. The van der Waals surface area contributed by atoms with Crippen molar-refractivity contribution in [1.82, 2.24) is 20.2 Å². The molecule has 2 rings (SSSR count). The first-order valence-corrected chi connectivity index (χ1v) is 5.26. The molecular weight excluding hydrogens is 180 g/mol. The molecule has 1 aliphatic rings. The van der Waals surface area contributed by atoms with Crippen LogP contribution in [0.4, 0.5) is 0 Å². The van der Waals surface area contributed by atoms with Crippen LogP contribution >= 0.6 is 0 Å². The third kappa shape index (κ3) is 2.09. The second-order valence-corrected chi connectivity index (χ2v) is 3.93. The molecule has 1 aliphatic carbocycles. The number of hydrogen-bond acceptors (Lipinski definition) is 4. The molecule has 78 valence electrons. The van der Waals surface area contributed by atoms with E-state index in [0.29, 0.717) is 0 Å². The van der Waals surface area contributed by atoms with E-state index in [1.807, 2.05) is 0 Å². The molecule has 0 aliphatic heterocycles. The maximum Gasteiger partial charge on any atom is 0.154 e. The standard InChI is InChI=1S/C9H16N4O/c14-7-13-9(10-11-12-13)6-5-8-3-1-2-4-8/h8,14H,1-7H2. The molecule has 0 spiro atoms. The number of aryl methyl sites for hydroxylation is 1. The van der Waals surface area contributed by atoms with Crippen LogP contribution in [0.1, 0.15) is 37.9 Å². The van der Waals surface area contributed by atoms with Gasteiger partial charge in [-0.2, -0.15) is 0 Å². The summed E-state index contributed by atoms with van der Waals surface area (Å²) < 4.78 is 1.45. The van der Waals surface area contributed by atoms with Gasteiger partial charge in [0.2, 0.25) is 0 Å². The van der Waals surface area contributed by atoms with E-state index in [4.69, 9.17) is 5.11 Å². The number of hydrogen-bond donors (Lipinski definition) is 1. The normalized spacial score (nSPS) is 17.8. The molecule has 0 aromatic carbocycles. The van der Waals surface area contributed by atoms with E-state index in [1.54, 1.807) is 0 Å². The third-order valence-corrected chi connectivity index (χ3v) is 2.99. The van der Waals surface area contributed by atoms with Gasteiger partial charge in [-0.3, -0.25) is 0 Å². The molecule has 0 saturated heterocycles. The summed E-state index contributed by atoms with van der Waals surface area (Å²) >= 11 is 0. The Bertz CT molecular complexity index is 280. The van der Waals surface area contributed by atoms with Gasteiger partial charge in [-0.15, -0.1) is 5.10 Å². The van der Waals surface area contributed by atoms with Crippen molar-refractivity contribution in [2.24, 2.45) is 5.92 Å². The monoisotopic (exact) mass is 196 g/mol. The van der Waals surface area contributed by atoms with Gasteiger partial charge in [0.05, 0.1) is 0 Å². The van der Waals surface area contributed by atoms with Crippen LogP contribution in [0.3, 0.4) is 0 Å². The molecule has 1 saturated carbocycles. The molecule has 5 nitrogen and oxygen atoms in total. The Morgan fingerprint density at radius 1 is 1.36 bits per heavy atom. The Balaban J connectivity index is 1.84. The molecule has 0 radical (unpaired) electrons. The first kappa shape index (κ1) is 9.58. The predicted molar refractivity (Wildman–Crippen MR) is 50.3 cm³/mol. The Morgan fingerprint density at radius 3 is 2.86 bits per heavy atom. The third-order valence-electron chi connectivity index (χ3n) is 2.99. The summed E-state index contributed by atoms with van der Waals surface area (Å²) in [5, 5.41) is 20.0. The highest BCUT2D eigenvalue weighted by molar-refractivity contribution is 4.82. The van der Waals surface area contributed by atoms with Gasteiger partial charge in [0.15, 0.2) is 5.82 Å². The van der Waals surface area contributed by atoms with Crippen molar-refractivity contribution in [3.63, 3.8) is 0 Å². The van der Waals surface area contributed by atoms with Gasteiger partial charge in [-0.05, 0) is 22.8 Å². The zero-order valence-corrected chi connectivity index (χ0v) is 8.26. The second-order valence-electron chi connectivity index (χ2n) is 3.93. The number of nitrogens with zero attached hydrogens (tertiary/aromatic N) is 4. The van der Waals surface area contributed by atoms with Crippen molar-refractivity contribution in [3.8, 4) is 0 Å². The molecule has 1 fully saturated rings. The van der Waals surface area contributed by atoms with E-state index in [2.05, 4.69) is 15.5 Å². The maximum absolute atomic E-state index is 8.92. The van der Waals surface area contributed by atoms with Gasteiger partial charge in [0.25, 0.3) is 0 Å². The van der Waals surface area contributed by atoms with Crippen molar-refractivity contribution in [3.05, 3.63) is 5.82 Å². The van der Waals surface area contributed by atoms with Crippen LogP contribution in [0.15, 0.2) is 0 Å². The summed E-state index contributed by atoms with van der Waals surface area (Å²) in [5.41, 5.74) is 0. The summed E-state index contributed by atoms with van der Waals surface area (Å²) in [6.45, 7) is -0.118. The zero-order chi connectivity index (χ0) is 9.80. The Hall–Kier alpha value is -0.970. The average Bonchev–Trinajstić information content (AvgIpc) is 2.85. The second kappa shape index (κ2) is 4.50. The summed E-state index contributed by atoms with van der Waals surface area (Å²) in [6.07, 6.45) is 7.48. The fraction of sp³-hybridized carbons (Fsp3) is 0.889. The summed E-state index contributed by atoms with van der Waals surface area (Å²) in [4.78, 5) is 0. The van der Waals surface area contributed by atoms with Crippen LogP contribution in [0, 0.1) is 5.92 Å². The number of aliphatic hydroxyl groups excluding tert-OH is 1. The van der Waals surface area contributed by atoms with Crippen LogP contribution in [0.5, 0.6) is 0 Å². The number of tetrazole rings is 1. The first-order valence-electron chi connectivity index (χ1n) is 5.26. The molecule has 0 bridgehead atoms. The largest absolute Gasteiger partial charge is 0.374 e. The van der Waals surface area contributed by atoms with Gasteiger partial charge in [0, 0.05) is 6.42 Å². The highest BCUT2D eigenvalue weighted by atomic mass is 16.3. The molecule has 1 aromatic rings. The molecule has 0 amide bonds. The molecule has 1 heterocycles. The van der Waals surface area contributed by atoms with Gasteiger partial charge in [-0.25, -0.2) is 4.68 Å². The van der Waals surface area contributed by atoms with E-state index in [1.165, 1.54) is 30.4 Å². The molecule has 1 N–H and O–H groups in total. The fourth-order valence-corrected chi connectivity index (χ4v) is 2.14. The lowest BCUT2D eigenvalue weighted by Crippen LogP contribution is -2.07. The summed E-state index contributed by atoms with van der Waals surface area (Å²) in [5.74, 6) is 1.65. The van der Waals surface area contributed by atoms with Crippen molar-refractivity contribution in [1.29, 1.82) is 0 Å². The maximum atomic E-state index is 8.92. The van der Waals surface area contributed by atoms with Crippen molar-refractivity contribution in [2.45, 2.75) is 45.3 Å². The summed E-state index contributed by atoms with van der Waals surface area (Å²) in [7, 11) is 0. The molecule has 0 atom stereocenters. The fourth-order valence-electron chi connectivity index (χ4n) is 2.14. The van der Waals surface area contributed by atoms with E-state index < -0.39 is 0 Å². The average molecular weight is 196 g/mol. The van der Waals surface area contributed by atoms with Gasteiger partial charge < -0.3 is 5.11 Å². The van der Waals surface area contributed by atoms with Crippen LogP contribution in [-0.4, -0.2) is 25.3 Å². The van der Waals surface area contributed by atoms with Crippen molar-refractivity contribution in [2.75, 3.05) is 0 Å². The lowest BCUT2D eigenvalue weighted by Gasteiger charge is -2.07. The number of aliphatic hydroxyl groups is 1. The van der Waals surface area contributed by atoms with Crippen LogP contribution < -0.4 is 0 Å². The lowest BCUT2D eigenvalue weighted by molar-refractivity contribution is 0.187. The number of rotatable bonds is 4. The van der Waals surface area contributed by atoms with Gasteiger partial charge >= 0.3 is 0 Å². The van der Waals surface area contributed by atoms with Crippen LogP contribution in [-0.2, 0) is 13.2 Å². The minimum atomic E-state index is -0.118. The summed E-state index contributed by atoms with van der Waals surface area (Å²) in [6, 6.07) is 0. The van der Waals surface area contributed by atoms with E-state index in [0.717, 1.165) is 24.6 Å². The molecule has 14 heavy (non-hydrogen) atoms. The van der Waals surface area contributed by atoms with Crippen LogP contribution in [0.2, 0.25) is 0 Å². The number of aromatic nitrogens is 4. The quantitative estimate of drug-likeness (QED) is 0.771. The minimum Gasteiger partial charge on any atom is -0.374 e. The Kier molecular flexibility index (Phi) is 3.08. The van der Waals surface area contributed by atoms with E-state index in [-0.39, 0.29) is 6.73 Å². The topological polar surface area (TPSA) is 63.8 Å². The van der Waals surface area contributed by atoms with E-state index in [9.17, 15) is 0 Å². The highest BCUT2D eigenvalue weighted by Crippen LogP contribution is 2.28. The van der Waals surface area contributed by atoms with Gasteiger partial charge in [0.1, 0.15) is 6.73 Å². The van der Waals surface area contributed by atoms with Crippen LogP contribution in [0.25, 0.3) is 0 Å². The predicted octanol–water partition coefficient (Wildman–Crippen LogP) is 0.746. The molecule has 5 heteroatoms. The van der Waals surface area contributed by atoms with Gasteiger partial charge in [-0.1, -0.05) is 25.7 Å². The Morgan fingerprint density at radius 2 is 2.14 bits per heavy atom. The molecule has 0 unspecified atom stereocenters. The molecule has 1 aromatic heterocycles. The zero-order valence-electron chi connectivity index (χ0n) is 8.26. The smallest absolute Gasteiger partial charge is 0.154 e. The van der Waals surface area contributed by atoms with E-state index >= 15 is 0 Å². The SMILES string of the molecule is OCn1nnnc1CCC1CCCC1. The van der Waals surface area contributed by atoms with Crippen molar-refractivity contribution < 1.29 is 5.11 Å². The lowest BCUT2D eigenvalue weighted by atomic mass is 10.0. The Labute approximate surface area is 83.1 Å². The van der Waals surface area contributed by atoms with Crippen molar-refractivity contribution >= 4 is 0 Å².